The van der Waals surface area contributed by atoms with Gasteiger partial charge in [-0.05, 0) is 43.3 Å². The normalized spacial score (nSPS) is 9.89. The Kier molecular flexibility index (Phi) is 4.07. The van der Waals surface area contributed by atoms with Crippen LogP contribution in [0.25, 0.3) is 0 Å². The zero-order valence-corrected chi connectivity index (χ0v) is 10.6. The summed E-state index contributed by atoms with van der Waals surface area (Å²) in [4.78, 5) is 0. The Labute approximate surface area is 107 Å². The molecule has 2 rings (SSSR count). The molecule has 2 aromatic carbocycles. The number of ether oxygens (including phenoxy) is 3. The Bertz CT molecular complexity index is 491. The Morgan fingerprint density at radius 3 is 2.06 bits per heavy atom. The smallest absolute Gasteiger partial charge is 0.169 e. The van der Waals surface area contributed by atoms with E-state index in [-0.39, 0.29) is 0 Å². The zero-order valence-electron chi connectivity index (χ0n) is 10.6. The predicted octanol–water partition coefficient (Wildman–Crippen LogP) is 3.89. The molecule has 0 saturated carbocycles. The third kappa shape index (κ3) is 2.94. The van der Waals surface area contributed by atoms with Crippen LogP contribution in [0.15, 0.2) is 48.5 Å². The van der Waals surface area contributed by atoms with Crippen LogP contribution < -0.4 is 14.2 Å². The first-order chi connectivity index (χ1) is 8.83. The fourth-order valence-corrected chi connectivity index (χ4v) is 1.60. The van der Waals surface area contributed by atoms with Crippen LogP contribution in [0.1, 0.15) is 6.92 Å². The van der Waals surface area contributed by atoms with Crippen LogP contribution in [0.3, 0.4) is 0 Å². The zero-order chi connectivity index (χ0) is 12.8. The molecule has 0 aliphatic heterocycles. The first-order valence-corrected chi connectivity index (χ1v) is 5.87. The Balaban J connectivity index is 2.13. The molecule has 18 heavy (non-hydrogen) atoms. The summed E-state index contributed by atoms with van der Waals surface area (Å²) in [5.41, 5.74) is 0. The van der Waals surface area contributed by atoms with E-state index in [1.54, 1.807) is 7.11 Å². The van der Waals surface area contributed by atoms with E-state index in [0.29, 0.717) is 18.1 Å². The molecule has 0 bridgehead atoms. The van der Waals surface area contributed by atoms with Gasteiger partial charge in [0.15, 0.2) is 11.5 Å². The Morgan fingerprint density at radius 1 is 0.833 bits per heavy atom. The predicted molar refractivity (Wildman–Crippen MR) is 70.7 cm³/mol. The van der Waals surface area contributed by atoms with E-state index >= 15 is 0 Å². The number of methoxy groups -OCH3 is 1. The van der Waals surface area contributed by atoms with Gasteiger partial charge >= 0.3 is 0 Å². The summed E-state index contributed by atoms with van der Waals surface area (Å²) in [6.45, 7) is 2.62. The highest BCUT2D eigenvalue weighted by molar-refractivity contribution is 5.43. The van der Waals surface area contributed by atoms with Gasteiger partial charge in [0.25, 0.3) is 0 Å². The summed E-state index contributed by atoms with van der Waals surface area (Å²) >= 11 is 0. The first kappa shape index (κ1) is 12.3. The second kappa shape index (κ2) is 5.96. The highest BCUT2D eigenvalue weighted by Crippen LogP contribution is 2.31. The second-order valence-corrected chi connectivity index (χ2v) is 3.66. The molecule has 0 radical (unpaired) electrons. The second-order valence-electron chi connectivity index (χ2n) is 3.66. The Morgan fingerprint density at radius 2 is 1.44 bits per heavy atom. The van der Waals surface area contributed by atoms with Crippen molar-refractivity contribution in [1.82, 2.24) is 0 Å². The monoisotopic (exact) mass is 244 g/mol. The lowest BCUT2D eigenvalue weighted by Crippen LogP contribution is -1.92. The van der Waals surface area contributed by atoms with Gasteiger partial charge in [0, 0.05) is 0 Å². The molecule has 0 aliphatic rings. The highest BCUT2D eigenvalue weighted by atomic mass is 16.5. The van der Waals surface area contributed by atoms with E-state index in [4.69, 9.17) is 14.2 Å². The van der Waals surface area contributed by atoms with Gasteiger partial charge in [-0.1, -0.05) is 12.1 Å². The van der Waals surface area contributed by atoms with Crippen molar-refractivity contribution < 1.29 is 14.2 Å². The summed E-state index contributed by atoms with van der Waals surface area (Å²) < 4.78 is 16.4. The number of hydrogen-bond acceptors (Lipinski definition) is 3. The molecule has 0 atom stereocenters. The number of benzene rings is 2. The van der Waals surface area contributed by atoms with Gasteiger partial charge in [0.2, 0.25) is 0 Å². The van der Waals surface area contributed by atoms with Crippen LogP contribution >= 0.6 is 0 Å². The fraction of sp³-hybridized carbons (Fsp3) is 0.200. The van der Waals surface area contributed by atoms with Crippen molar-refractivity contribution in [3.05, 3.63) is 48.5 Å². The highest BCUT2D eigenvalue weighted by Gasteiger charge is 2.04. The molecule has 0 N–H and O–H groups in total. The van der Waals surface area contributed by atoms with Crippen molar-refractivity contribution in [3.8, 4) is 23.0 Å². The van der Waals surface area contributed by atoms with E-state index in [1.165, 1.54) is 0 Å². The number of hydrogen-bond donors (Lipinski definition) is 0. The summed E-state index contributed by atoms with van der Waals surface area (Å²) in [7, 11) is 1.63. The molecular weight excluding hydrogens is 228 g/mol. The first-order valence-electron chi connectivity index (χ1n) is 5.87. The maximum Gasteiger partial charge on any atom is 0.169 e. The quantitative estimate of drug-likeness (QED) is 0.798. The van der Waals surface area contributed by atoms with Crippen molar-refractivity contribution in [2.24, 2.45) is 0 Å². The average molecular weight is 244 g/mol. The van der Waals surface area contributed by atoms with Crippen LogP contribution in [0.5, 0.6) is 23.0 Å². The van der Waals surface area contributed by atoms with Crippen LogP contribution in [0, 0.1) is 0 Å². The van der Waals surface area contributed by atoms with Crippen molar-refractivity contribution in [1.29, 1.82) is 0 Å². The molecule has 0 spiro atoms. The molecular formula is C15H16O3. The van der Waals surface area contributed by atoms with Gasteiger partial charge < -0.3 is 14.2 Å². The summed E-state index contributed by atoms with van der Waals surface area (Å²) in [6, 6.07) is 15.1. The summed E-state index contributed by atoms with van der Waals surface area (Å²) in [5.74, 6) is 3.00. The van der Waals surface area contributed by atoms with Crippen molar-refractivity contribution in [2.75, 3.05) is 13.7 Å². The van der Waals surface area contributed by atoms with E-state index in [1.807, 2.05) is 55.5 Å². The minimum atomic E-state index is 0.659. The van der Waals surface area contributed by atoms with Gasteiger partial charge in [-0.3, -0.25) is 0 Å². The molecule has 0 amide bonds. The average Bonchev–Trinajstić information content (AvgIpc) is 2.42. The third-order valence-corrected chi connectivity index (χ3v) is 2.43. The van der Waals surface area contributed by atoms with Crippen LogP contribution in [0.4, 0.5) is 0 Å². The van der Waals surface area contributed by atoms with E-state index in [0.717, 1.165) is 11.5 Å². The van der Waals surface area contributed by atoms with Gasteiger partial charge in [0.1, 0.15) is 11.5 Å². The topological polar surface area (TPSA) is 27.7 Å². The lowest BCUT2D eigenvalue weighted by molar-refractivity contribution is 0.339. The fourth-order valence-electron chi connectivity index (χ4n) is 1.60. The molecule has 0 aliphatic carbocycles. The minimum Gasteiger partial charge on any atom is -0.494 e. The minimum absolute atomic E-state index is 0.659. The Hall–Kier alpha value is -2.16. The maximum absolute atomic E-state index is 5.75. The van der Waals surface area contributed by atoms with Gasteiger partial charge in [-0.25, -0.2) is 0 Å². The lowest BCUT2D eigenvalue weighted by atomic mass is 10.3. The third-order valence-electron chi connectivity index (χ3n) is 2.43. The van der Waals surface area contributed by atoms with Crippen LogP contribution in [-0.2, 0) is 0 Å². The summed E-state index contributed by atoms with van der Waals surface area (Å²) in [5, 5.41) is 0. The largest absolute Gasteiger partial charge is 0.494 e. The molecule has 0 fully saturated rings. The maximum atomic E-state index is 5.75. The van der Waals surface area contributed by atoms with Gasteiger partial charge in [0.05, 0.1) is 13.7 Å². The van der Waals surface area contributed by atoms with E-state index in [2.05, 4.69) is 0 Å². The molecule has 0 saturated heterocycles. The van der Waals surface area contributed by atoms with E-state index in [9.17, 15) is 0 Å². The molecule has 3 heteroatoms. The van der Waals surface area contributed by atoms with Gasteiger partial charge in [-0.15, -0.1) is 0 Å². The number of para-hydroxylation sites is 2. The van der Waals surface area contributed by atoms with Crippen molar-refractivity contribution >= 4 is 0 Å². The standard InChI is InChI=1S/C15H16O3/c1-3-17-12-8-10-13(11-9-12)18-15-7-5-4-6-14(15)16-2/h4-11H,3H2,1-2H3. The molecule has 0 aromatic heterocycles. The van der Waals surface area contributed by atoms with Crippen molar-refractivity contribution in [2.45, 2.75) is 6.92 Å². The molecule has 94 valence electrons. The van der Waals surface area contributed by atoms with Crippen LogP contribution in [0.2, 0.25) is 0 Å². The van der Waals surface area contributed by atoms with E-state index < -0.39 is 0 Å². The molecule has 3 nitrogen and oxygen atoms in total. The molecule has 0 unspecified atom stereocenters. The summed E-state index contributed by atoms with van der Waals surface area (Å²) in [6.07, 6.45) is 0. The molecule has 0 heterocycles. The lowest BCUT2D eigenvalue weighted by Gasteiger charge is -2.10. The SMILES string of the molecule is CCOc1ccc(Oc2ccccc2OC)cc1. The van der Waals surface area contributed by atoms with Crippen molar-refractivity contribution in [3.63, 3.8) is 0 Å². The van der Waals surface area contributed by atoms with Gasteiger partial charge in [-0.2, -0.15) is 0 Å². The molecule has 2 aromatic rings. The van der Waals surface area contributed by atoms with Crippen LogP contribution in [-0.4, -0.2) is 13.7 Å². The number of rotatable bonds is 5.